The maximum atomic E-state index is 10.7. The Balaban J connectivity index is 0.000000156. The molecule has 0 amide bonds. The van der Waals surface area contributed by atoms with Crippen LogP contribution in [-0.2, 0) is 0 Å². The number of nitrogens with zero attached hydrogens (tertiary/aromatic N) is 8. The molecule has 0 aliphatic carbocycles. The van der Waals surface area contributed by atoms with Gasteiger partial charge in [0.2, 0.25) is 0 Å². The molecule has 0 unspecified atom stereocenters. The van der Waals surface area contributed by atoms with Gasteiger partial charge < -0.3 is 19.6 Å². The average Bonchev–Trinajstić information content (AvgIpc) is 0.719. The van der Waals surface area contributed by atoms with Gasteiger partial charge in [0.05, 0.1) is 63.5 Å². The zero-order valence-electron chi connectivity index (χ0n) is 76.1. The number of benzene rings is 24. The van der Waals surface area contributed by atoms with Crippen molar-refractivity contribution in [2.75, 3.05) is 19.6 Å². The molecule has 0 bridgehead atoms. The second-order valence-electron chi connectivity index (χ2n) is 35.1. The van der Waals surface area contributed by atoms with E-state index in [1.807, 2.05) is 109 Å². The lowest BCUT2D eigenvalue weighted by atomic mass is 9.91. The van der Waals surface area contributed by atoms with E-state index in [1.165, 1.54) is 0 Å². The van der Waals surface area contributed by atoms with Gasteiger partial charge in [0, 0.05) is 55.7 Å². The molecule has 8 nitrogen and oxygen atoms in total. The highest BCUT2D eigenvalue weighted by atomic mass is 15.2. The normalized spacial score (nSPS) is 11.1. The van der Waals surface area contributed by atoms with Crippen molar-refractivity contribution >= 4 is 139 Å². The topological polar surface area (TPSA) is 88.7 Å². The summed E-state index contributed by atoms with van der Waals surface area (Å²) < 4.78 is 0. The van der Waals surface area contributed by atoms with Crippen LogP contribution in [0.15, 0.2) is 510 Å². The van der Waals surface area contributed by atoms with E-state index in [9.17, 15) is 15.8 Å². The molecule has 0 fully saturated rings. The van der Waals surface area contributed by atoms with Crippen molar-refractivity contribution in [3.05, 3.63) is 538 Å². The minimum atomic E-state index is 0.569. The molecule has 24 rings (SSSR count). The minimum absolute atomic E-state index is 0.569. The van der Waals surface area contributed by atoms with Crippen LogP contribution in [0.4, 0.5) is 73.9 Å². The molecular weight excluding hydrogens is 1700 g/mol. The number of nitriles is 3. The molecule has 652 valence electrons. The largest absolute Gasteiger partial charge is 0.311 e. The van der Waals surface area contributed by atoms with Gasteiger partial charge >= 0.3 is 0 Å². The summed E-state index contributed by atoms with van der Waals surface area (Å²) in [5.41, 5.74) is 30.9. The van der Waals surface area contributed by atoms with Crippen LogP contribution >= 0.6 is 0 Å². The molecule has 8 heteroatoms. The molecule has 140 heavy (non-hydrogen) atoms. The van der Waals surface area contributed by atoms with Crippen molar-refractivity contribution in [2.24, 2.45) is 0 Å². The van der Waals surface area contributed by atoms with E-state index in [4.69, 9.17) is 6.57 Å². The van der Waals surface area contributed by atoms with Gasteiger partial charge in [-0.25, -0.2) is 4.85 Å². The van der Waals surface area contributed by atoms with Crippen LogP contribution in [0, 0.1) is 40.6 Å². The maximum Gasteiger partial charge on any atom is 0.189 e. The Morgan fingerprint density at radius 1 is 0.171 bits per heavy atom. The van der Waals surface area contributed by atoms with Crippen LogP contribution in [0.3, 0.4) is 0 Å². The highest BCUT2D eigenvalue weighted by Gasteiger charge is 2.29. The van der Waals surface area contributed by atoms with Gasteiger partial charge in [-0.1, -0.05) is 358 Å². The van der Waals surface area contributed by atoms with Crippen LogP contribution in [-0.4, -0.2) is 0 Å². The van der Waals surface area contributed by atoms with Gasteiger partial charge in [0.25, 0.3) is 0 Å². The van der Waals surface area contributed by atoms with Gasteiger partial charge in [-0.15, -0.1) is 0 Å². The Labute approximate surface area is 813 Å². The molecule has 0 saturated heterocycles. The fourth-order valence-corrected chi connectivity index (χ4v) is 20.3. The first-order valence-electron chi connectivity index (χ1n) is 46.8. The number of para-hydroxylation sites is 2. The fourth-order valence-electron chi connectivity index (χ4n) is 20.3. The Hall–Kier alpha value is -19.5. The fraction of sp³-hybridized carbons (Fsp3) is 0. The van der Waals surface area contributed by atoms with E-state index in [2.05, 4.69) is 443 Å². The van der Waals surface area contributed by atoms with Crippen molar-refractivity contribution in [2.45, 2.75) is 0 Å². The number of hydrogen-bond acceptors (Lipinski definition) is 7. The third kappa shape index (κ3) is 16.1. The Kier molecular flexibility index (Phi) is 22.5. The summed E-state index contributed by atoms with van der Waals surface area (Å²) in [6.07, 6.45) is 0. The van der Waals surface area contributed by atoms with Crippen LogP contribution in [0.5, 0.6) is 0 Å². The van der Waals surface area contributed by atoms with Crippen LogP contribution in [0.1, 0.15) is 16.7 Å². The van der Waals surface area contributed by atoms with Gasteiger partial charge in [0.1, 0.15) is 12.1 Å². The highest BCUT2D eigenvalue weighted by molar-refractivity contribution is 6.30. The van der Waals surface area contributed by atoms with E-state index >= 15 is 0 Å². The van der Waals surface area contributed by atoms with E-state index in [0.29, 0.717) is 22.4 Å². The number of hydrogen-bond donors (Lipinski definition) is 0. The van der Waals surface area contributed by atoms with Gasteiger partial charge in [-0.3, -0.25) is 0 Å². The molecule has 0 spiro atoms. The first-order valence-corrected chi connectivity index (χ1v) is 46.8. The Morgan fingerprint density at radius 3 is 0.671 bits per heavy atom. The maximum absolute atomic E-state index is 10.7. The first kappa shape index (κ1) is 84.8. The van der Waals surface area contributed by atoms with E-state index in [0.717, 1.165) is 222 Å². The molecule has 0 saturated carbocycles. The number of anilines is 12. The Bertz CT molecular complexity index is 8220. The van der Waals surface area contributed by atoms with Crippen molar-refractivity contribution in [1.29, 1.82) is 15.8 Å². The second-order valence-corrected chi connectivity index (χ2v) is 35.1. The van der Waals surface area contributed by atoms with Crippen LogP contribution in [0.2, 0.25) is 0 Å². The molecule has 0 N–H and O–H groups in total. The van der Waals surface area contributed by atoms with Gasteiger partial charge in [0.15, 0.2) is 5.69 Å². The molecule has 0 atom stereocenters. The summed E-state index contributed by atoms with van der Waals surface area (Å²) in [4.78, 5) is 13.1. The van der Waals surface area contributed by atoms with E-state index in [-0.39, 0.29) is 0 Å². The zero-order valence-corrected chi connectivity index (χ0v) is 76.1. The highest BCUT2D eigenvalue weighted by Crippen LogP contribution is 2.54. The molecular formula is C132H84N8. The molecule has 0 aliphatic heterocycles. The summed E-state index contributed by atoms with van der Waals surface area (Å²) in [6, 6.07) is 186. The standard InChI is InChI=1S/2C66H42N4/c1-68-56-25-15-27-58(43-56)70(60-41-54(48-21-10-4-11-22-48)38-55(42-60)49-23-12-5-13-24-49)64-35-31-51-28-32-61-63(34-30-50-29-33-62(64)66(51)65(50)61)69(57-26-14-16-45(36-57)44-67)59-39-52(46-17-6-2-7-18-46)37-53(40-59)47-19-8-3-9-20-47;67-43-51-25-13-15-27-61(51)69(57-39-53(45-17-5-1-6-18-45)37-54(40-57)46-19-7-2-8-20-46)63-35-31-49-30-34-60-64(36-32-50-29-33-59(63)65(49)66(50)60)70(62-28-16-14-26-52(62)44-68)58-41-55(47-21-9-3-10-22-47)38-56(42-58)48-23-11-4-12-24-48/h2-43H;1-42H. The Morgan fingerprint density at radius 2 is 0.407 bits per heavy atom. The molecule has 0 aliphatic rings. The van der Waals surface area contributed by atoms with Crippen molar-refractivity contribution in [3.8, 4) is 107 Å². The molecule has 0 heterocycles. The second kappa shape index (κ2) is 37.2. The van der Waals surface area contributed by atoms with Crippen LogP contribution < -0.4 is 19.6 Å². The minimum Gasteiger partial charge on any atom is -0.311 e. The SMILES string of the molecule is N#Cc1ccccc1N(c1cc(-c2ccccc2)cc(-c2ccccc2)c1)c1ccc2ccc3c(N(c4cc(-c5ccccc5)cc(-c5ccccc5)c4)c4ccccc4C#N)ccc4ccc1c2c43.[C-]#[N+]c1cccc(N(c2cc(-c3ccccc3)cc(-c3ccccc3)c2)c2ccc3ccc4c(N(c5cccc(C#N)c5)c5cc(-c6ccccc6)cc(-c6ccccc6)c5)ccc5ccc2c3c54)c1. The number of rotatable bonds is 20. The third-order valence-electron chi connectivity index (χ3n) is 26.7. The molecule has 24 aromatic carbocycles. The average molecular weight is 1780 g/mol. The monoisotopic (exact) mass is 1780 g/mol. The predicted octanol–water partition coefficient (Wildman–Crippen LogP) is 36.5. The molecule has 0 aromatic heterocycles. The summed E-state index contributed by atoms with van der Waals surface area (Å²) >= 11 is 0. The quantitative estimate of drug-likeness (QED) is 0.0555. The lowest BCUT2D eigenvalue weighted by Crippen LogP contribution is -2.13. The first-order chi connectivity index (χ1) is 69.2. The van der Waals surface area contributed by atoms with Gasteiger partial charge in [-0.05, 0) is 284 Å². The van der Waals surface area contributed by atoms with Crippen molar-refractivity contribution in [1.82, 2.24) is 0 Å². The zero-order chi connectivity index (χ0) is 93.9. The lowest BCUT2D eigenvalue weighted by molar-refractivity contribution is 1.28. The predicted molar refractivity (Wildman–Crippen MR) is 583 cm³/mol. The summed E-state index contributed by atoms with van der Waals surface area (Å²) in [6.45, 7) is 8.06. The summed E-state index contributed by atoms with van der Waals surface area (Å²) in [7, 11) is 0. The summed E-state index contributed by atoms with van der Waals surface area (Å²) in [5.74, 6) is 0. The lowest BCUT2D eigenvalue weighted by Gasteiger charge is -2.30. The van der Waals surface area contributed by atoms with E-state index in [1.54, 1.807) is 0 Å². The van der Waals surface area contributed by atoms with Crippen molar-refractivity contribution < 1.29 is 0 Å². The third-order valence-corrected chi connectivity index (χ3v) is 26.7. The van der Waals surface area contributed by atoms with Crippen LogP contribution in [0.25, 0.3) is 158 Å². The molecule has 24 aromatic rings. The van der Waals surface area contributed by atoms with E-state index < -0.39 is 0 Å². The summed E-state index contributed by atoms with van der Waals surface area (Å²) in [5, 5.41) is 45.0. The van der Waals surface area contributed by atoms with Crippen molar-refractivity contribution in [3.63, 3.8) is 0 Å². The molecule has 0 radical (unpaired) electrons. The van der Waals surface area contributed by atoms with Gasteiger partial charge in [-0.2, -0.15) is 15.8 Å². The smallest absolute Gasteiger partial charge is 0.189 e.